The first-order chi connectivity index (χ1) is 13.0. The smallest absolute Gasteiger partial charge is 0.261 e. The summed E-state index contributed by atoms with van der Waals surface area (Å²) in [5, 5.41) is 2.90. The van der Waals surface area contributed by atoms with Crippen LogP contribution in [0.15, 0.2) is 36.4 Å². The van der Waals surface area contributed by atoms with Gasteiger partial charge in [0.15, 0.2) is 17.6 Å². The maximum atomic E-state index is 12.6. The minimum absolute atomic E-state index is 0.185. The molecule has 0 aromatic heterocycles. The number of carbonyl (C=O) groups is 1. The number of nitrogens with one attached hydrogen (secondary N) is 1. The highest BCUT2D eigenvalue weighted by Gasteiger charge is 2.20. The lowest BCUT2D eigenvalue weighted by Gasteiger charge is -2.19. The minimum Gasteiger partial charge on any atom is -0.493 e. The average molecular weight is 373 g/mol. The van der Waals surface area contributed by atoms with Gasteiger partial charge in [-0.3, -0.25) is 4.79 Å². The van der Waals surface area contributed by atoms with Crippen molar-refractivity contribution in [2.24, 2.45) is 0 Å². The molecule has 0 aliphatic carbocycles. The highest BCUT2D eigenvalue weighted by molar-refractivity contribution is 5.81. The number of ether oxygens (including phenoxy) is 4. The number of methoxy groups -OCH3 is 3. The van der Waals surface area contributed by atoms with Crippen LogP contribution in [0.1, 0.15) is 24.5 Å². The number of amides is 1. The third kappa shape index (κ3) is 5.06. The van der Waals surface area contributed by atoms with Gasteiger partial charge in [-0.25, -0.2) is 0 Å². The van der Waals surface area contributed by atoms with Crippen molar-refractivity contribution in [2.45, 2.75) is 32.9 Å². The third-order valence-corrected chi connectivity index (χ3v) is 4.20. The highest BCUT2D eigenvalue weighted by atomic mass is 16.5. The molecule has 0 fully saturated rings. The Morgan fingerprint density at radius 2 is 1.63 bits per heavy atom. The van der Waals surface area contributed by atoms with E-state index in [1.54, 1.807) is 27.4 Å². The SMILES string of the molecule is CC[C@@H](Oc1ccc(C)cc1)C(=O)NCc1ccc(OC)c(OC)c1OC. The summed E-state index contributed by atoms with van der Waals surface area (Å²) < 4.78 is 21.9. The van der Waals surface area contributed by atoms with Gasteiger partial charge in [-0.2, -0.15) is 0 Å². The van der Waals surface area contributed by atoms with E-state index in [4.69, 9.17) is 18.9 Å². The van der Waals surface area contributed by atoms with Crippen LogP contribution in [-0.4, -0.2) is 33.3 Å². The maximum absolute atomic E-state index is 12.6. The molecule has 2 rings (SSSR count). The molecule has 0 unspecified atom stereocenters. The standard InChI is InChI=1S/C21H27NO5/c1-6-17(27-16-10-7-14(2)8-11-16)21(23)22-13-15-9-12-18(24-3)20(26-5)19(15)25-4/h7-12,17H,6,13H2,1-5H3,(H,22,23)/t17-/m1/s1. The zero-order chi connectivity index (χ0) is 19.8. The Morgan fingerprint density at radius 3 is 2.19 bits per heavy atom. The lowest BCUT2D eigenvalue weighted by atomic mass is 10.1. The molecule has 0 aliphatic rings. The molecule has 0 spiro atoms. The predicted molar refractivity (Wildman–Crippen MR) is 104 cm³/mol. The summed E-state index contributed by atoms with van der Waals surface area (Å²) in [4.78, 5) is 12.6. The normalized spacial score (nSPS) is 11.4. The van der Waals surface area contributed by atoms with Crippen molar-refractivity contribution in [3.8, 4) is 23.0 Å². The molecule has 0 radical (unpaired) electrons. The van der Waals surface area contributed by atoms with Gasteiger partial charge in [0.25, 0.3) is 5.91 Å². The van der Waals surface area contributed by atoms with E-state index >= 15 is 0 Å². The first-order valence-electron chi connectivity index (χ1n) is 8.82. The molecule has 0 aliphatic heterocycles. The van der Waals surface area contributed by atoms with Crippen molar-refractivity contribution in [1.29, 1.82) is 0 Å². The van der Waals surface area contributed by atoms with Crippen molar-refractivity contribution in [2.75, 3.05) is 21.3 Å². The first-order valence-corrected chi connectivity index (χ1v) is 8.82. The monoisotopic (exact) mass is 373 g/mol. The second kappa shape index (κ2) is 9.71. The Bertz CT molecular complexity index is 758. The quantitative estimate of drug-likeness (QED) is 0.729. The molecule has 6 nitrogen and oxygen atoms in total. The molecule has 6 heteroatoms. The summed E-state index contributed by atoms with van der Waals surface area (Å²) in [5.41, 5.74) is 1.93. The van der Waals surface area contributed by atoms with Crippen LogP contribution in [0.5, 0.6) is 23.0 Å². The lowest BCUT2D eigenvalue weighted by molar-refractivity contribution is -0.128. The topological polar surface area (TPSA) is 66.0 Å². The summed E-state index contributed by atoms with van der Waals surface area (Å²) >= 11 is 0. The molecular formula is C21H27NO5. The fourth-order valence-corrected chi connectivity index (χ4v) is 2.70. The summed E-state index contributed by atoms with van der Waals surface area (Å²) in [6.07, 6.45) is -0.0122. The molecule has 2 aromatic carbocycles. The van der Waals surface area contributed by atoms with E-state index in [0.29, 0.717) is 29.4 Å². The van der Waals surface area contributed by atoms with Gasteiger partial charge in [0.1, 0.15) is 5.75 Å². The van der Waals surface area contributed by atoms with Crippen LogP contribution in [0.4, 0.5) is 0 Å². The average Bonchev–Trinajstić information content (AvgIpc) is 2.70. The number of hydrogen-bond acceptors (Lipinski definition) is 5. The van der Waals surface area contributed by atoms with Gasteiger partial charge >= 0.3 is 0 Å². The van der Waals surface area contributed by atoms with Crippen molar-refractivity contribution < 1.29 is 23.7 Å². The van der Waals surface area contributed by atoms with Crippen LogP contribution in [0.3, 0.4) is 0 Å². The van der Waals surface area contributed by atoms with Gasteiger partial charge in [0.05, 0.1) is 21.3 Å². The van der Waals surface area contributed by atoms with E-state index in [1.807, 2.05) is 44.2 Å². The summed E-state index contributed by atoms with van der Waals surface area (Å²) in [5.74, 6) is 2.08. The van der Waals surface area contributed by atoms with Crippen LogP contribution in [-0.2, 0) is 11.3 Å². The second-order valence-electron chi connectivity index (χ2n) is 6.04. The number of hydrogen-bond donors (Lipinski definition) is 1. The lowest BCUT2D eigenvalue weighted by Crippen LogP contribution is -2.37. The van der Waals surface area contributed by atoms with Gasteiger partial charge in [-0.15, -0.1) is 0 Å². The van der Waals surface area contributed by atoms with Gasteiger partial charge in [0.2, 0.25) is 5.75 Å². The second-order valence-corrected chi connectivity index (χ2v) is 6.04. The fraction of sp³-hybridized carbons (Fsp3) is 0.381. The first kappa shape index (κ1) is 20.4. The van der Waals surface area contributed by atoms with Crippen LogP contribution in [0, 0.1) is 6.92 Å². The van der Waals surface area contributed by atoms with Crippen molar-refractivity contribution >= 4 is 5.91 Å². The van der Waals surface area contributed by atoms with E-state index in [9.17, 15) is 4.79 Å². The van der Waals surface area contributed by atoms with Gasteiger partial charge in [-0.1, -0.05) is 24.6 Å². The number of benzene rings is 2. The Balaban J connectivity index is 2.08. The van der Waals surface area contributed by atoms with Crippen LogP contribution < -0.4 is 24.3 Å². The molecule has 0 bridgehead atoms. The molecule has 0 saturated heterocycles. The molecule has 1 amide bonds. The minimum atomic E-state index is -0.571. The van der Waals surface area contributed by atoms with E-state index < -0.39 is 6.10 Å². The molecule has 2 aromatic rings. The number of carbonyl (C=O) groups excluding carboxylic acids is 1. The van der Waals surface area contributed by atoms with Crippen molar-refractivity contribution in [3.05, 3.63) is 47.5 Å². The van der Waals surface area contributed by atoms with Gasteiger partial charge in [-0.05, 0) is 37.6 Å². The molecule has 146 valence electrons. The van der Waals surface area contributed by atoms with Gasteiger partial charge < -0.3 is 24.3 Å². The zero-order valence-electron chi connectivity index (χ0n) is 16.5. The molecular weight excluding hydrogens is 346 g/mol. The van der Waals surface area contributed by atoms with E-state index in [-0.39, 0.29) is 12.5 Å². The third-order valence-electron chi connectivity index (χ3n) is 4.20. The molecule has 1 N–H and O–H groups in total. The highest BCUT2D eigenvalue weighted by Crippen LogP contribution is 2.39. The Labute approximate surface area is 160 Å². The Hall–Kier alpha value is -2.89. The van der Waals surface area contributed by atoms with E-state index in [2.05, 4.69) is 5.32 Å². The number of rotatable bonds is 9. The van der Waals surface area contributed by atoms with Crippen molar-refractivity contribution in [3.63, 3.8) is 0 Å². The summed E-state index contributed by atoms with van der Waals surface area (Å²) in [7, 11) is 4.66. The fourth-order valence-electron chi connectivity index (χ4n) is 2.70. The summed E-state index contributed by atoms with van der Waals surface area (Å²) in [6, 6.07) is 11.2. The van der Waals surface area contributed by atoms with E-state index in [0.717, 1.165) is 11.1 Å². The largest absolute Gasteiger partial charge is 0.493 e. The van der Waals surface area contributed by atoms with Crippen LogP contribution >= 0.6 is 0 Å². The van der Waals surface area contributed by atoms with Crippen LogP contribution in [0.25, 0.3) is 0 Å². The molecule has 0 heterocycles. The van der Waals surface area contributed by atoms with E-state index in [1.165, 1.54) is 0 Å². The van der Waals surface area contributed by atoms with Crippen molar-refractivity contribution in [1.82, 2.24) is 5.32 Å². The van der Waals surface area contributed by atoms with Crippen LogP contribution in [0.2, 0.25) is 0 Å². The van der Waals surface area contributed by atoms with Gasteiger partial charge in [0, 0.05) is 12.1 Å². The molecule has 0 saturated carbocycles. The Kier molecular flexibility index (Phi) is 7.34. The zero-order valence-corrected chi connectivity index (χ0v) is 16.5. The summed E-state index contributed by atoms with van der Waals surface area (Å²) in [6.45, 7) is 4.20. The predicted octanol–water partition coefficient (Wildman–Crippen LogP) is 3.49. The number of aryl methyl sites for hydroxylation is 1. The molecule has 27 heavy (non-hydrogen) atoms. The Morgan fingerprint density at radius 1 is 0.963 bits per heavy atom. The molecule has 1 atom stereocenters. The maximum Gasteiger partial charge on any atom is 0.261 e.